The number of benzene rings is 3. The van der Waals surface area contributed by atoms with Gasteiger partial charge in [-0.2, -0.15) is 0 Å². The number of rotatable bonds is 11. The van der Waals surface area contributed by atoms with E-state index in [1.165, 1.54) is 0 Å². The van der Waals surface area contributed by atoms with Crippen LogP contribution in [0.1, 0.15) is 63.0 Å². The van der Waals surface area contributed by atoms with E-state index in [0.717, 1.165) is 40.9 Å². The predicted molar refractivity (Wildman–Crippen MR) is 147 cm³/mol. The molecule has 3 aromatic carbocycles. The molecule has 1 aromatic heterocycles. The Morgan fingerprint density at radius 2 is 1.69 bits per heavy atom. The van der Waals surface area contributed by atoms with E-state index in [-0.39, 0.29) is 17.9 Å². The topological polar surface area (TPSA) is 134 Å². The van der Waals surface area contributed by atoms with Crippen LogP contribution in [0.4, 0.5) is 0 Å². The lowest BCUT2D eigenvalue weighted by atomic mass is 10.0. The molecule has 0 bridgehead atoms. The summed E-state index contributed by atoms with van der Waals surface area (Å²) in [4.78, 5) is 41.3. The highest BCUT2D eigenvalue weighted by molar-refractivity contribution is 5.98. The van der Waals surface area contributed by atoms with E-state index in [4.69, 9.17) is 10.2 Å². The number of imidazole rings is 1. The van der Waals surface area contributed by atoms with Gasteiger partial charge in [0.15, 0.2) is 0 Å². The van der Waals surface area contributed by atoms with Gasteiger partial charge >= 0.3 is 5.97 Å². The van der Waals surface area contributed by atoms with Crippen molar-refractivity contribution in [3.05, 3.63) is 100 Å². The van der Waals surface area contributed by atoms with Crippen molar-refractivity contribution in [1.82, 2.24) is 20.3 Å². The molecule has 4 rings (SSSR count). The smallest absolute Gasteiger partial charge is 0.335 e. The Morgan fingerprint density at radius 3 is 2.33 bits per heavy atom. The van der Waals surface area contributed by atoms with Crippen LogP contribution in [0, 0.1) is 6.92 Å². The van der Waals surface area contributed by atoms with Crippen LogP contribution in [-0.4, -0.2) is 43.7 Å². The van der Waals surface area contributed by atoms with E-state index in [2.05, 4.69) is 16.8 Å². The van der Waals surface area contributed by atoms with Crippen LogP contribution in [0.3, 0.4) is 0 Å². The molecule has 0 aliphatic carbocycles. The van der Waals surface area contributed by atoms with Gasteiger partial charge in [-0.25, -0.2) is 15.3 Å². The van der Waals surface area contributed by atoms with Gasteiger partial charge in [-0.05, 0) is 60.7 Å². The molecule has 1 heterocycles. The van der Waals surface area contributed by atoms with Crippen LogP contribution < -0.4 is 10.8 Å². The number of hydrogen-bond donors (Lipinski definition) is 4. The molecule has 1 atom stereocenters. The molecule has 0 fully saturated rings. The number of nitrogens with one attached hydrogen (secondary N) is 2. The summed E-state index contributed by atoms with van der Waals surface area (Å²) in [5.41, 5.74) is 6.70. The highest BCUT2D eigenvalue weighted by atomic mass is 16.5. The molecule has 9 nitrogen and oxygen atoms in total. The fourth-order valence-corrected chi connectivity index (χ4v) is 4.79. The van der Waals surface area contributed by atoms with Crippen molar-refractivity contribution in [1.29, 1.82) is 0 Å². The van der Waals surface area contributed by atoms with Crippen LogP contribution >= 0.6 is 0 Å². The van der Waals surface area contributed by atoms with Crippen molar-refractivity contribution in [3.8, 4) is 0 Å². The molecule has 0 aliphatic rings. The summed E-state index contributed by atoms with van der Waals surface area (Å²) in [6.45, 7) is 4.53. The number of hydrogen-bond acceptors (Lipinski definition) is 5. The number of aromatic carboxylic acids is 1. The first kappa shape index (κ1) is 27.5. The maximum Gasteiger partial charge on any atom is 0.335 e. The summed E-state index contributed by atoms with van der Waals surface area (Å²) >= 11 is 0. The van der Waals surface area contributed by atoms with E-state index in [0.29, 0.717) is 24.0 Å². The number of aryl methyl sites for hydroxylation is 2. The van der Waals surface area contributed by atoms with Gasteiger partial charge in [-0.3, -0.25) is 14.8 Å². The first-order valence-corrected chi connectivity index (χ1v) is 12.9. The van der Waals surface area contributed by atoms with Gasteiger partial charge in [0.25, 0.3) is 5.91 Å². The highest BCUT2D eigenvalue weighted by Gasteiger charge is 2.21. The maximum absolute atomic E-state index is 13.3. The molecule has 9 heteroatoms. The zero-order valence-electron chi connectivity index (χ0n) is 22.0. The minimum absolute atomic E-state index is 0.0751. The quantitative estimate of drug-likeness (QED) is 0.170. The Hall–Kier alpha value is -4.50. The van der Waals surface area contributed by atoms with E-state index in [9.17, 15) is 19.5 Å². The normalized spacial score (nSPS) is 11.8. The van der Waals surface area contributed by atoms with Gasteiger partial charge < -0.3 is 15.0 Å². The van der Waals surface area contributed by atoms with Gasteiger partial charge in [0.05, 0.1) is 16.6 Å². The summed E-state index contributed by atoms with van der Waals surface area (Å²) < 4.78 is 2.12. The molecule has 4 N–H and O–H groups in total. The van der Waals surface area contributed by atoms with Gasteiger partial charge in [-0.15, -0.1) is 0 Å². The van der Waals surface area contributed by atoms with Gasteiger partial charge in [-0.1, -0.05) is 49.4 Å². The zero-order valence-corrected chi connectivity index (χ0v) is 22.0. The average Bonchev–Trinajstić information content (AvgIpc) is 3.26. The second kappa shape index (κ2) is 12.4. The Bertz CT molecular complexity index is 1480. The molecule has 39 heavy (non-hydrogen) atoms. The Labute approximate surface area is 226 Å². The minimum Gasteiger partial charge on any atom is -0.478 e. The fourth-order valence-electron chi connectivity index (χ4n) is 4.79. The van der Waals surface area contributed by atoms with Crippen LogP contribution in [0.2, 0.25) is 0 Å². The molecule has 202 valence electrons. The molecule has 0 spiro atoms. The number of nitrogens with zero attached hydrogens (tertiary/aromatic N) is 2. The third-order valence-corrected chi connectivity index (χ3v) is 6.61. The zero-order chi connectivity index (χ0) is 27.9. The second-order valence-electron chi connectivity index (χ2n) is 9.63. The van der Waals surface area contributed by atoms with Crippen molar-refractivity contribution in [2.24, 2.45) is 0 Å². The lowest BCUT2D eigenvalue weighted by molar-refractivity contribution is -0.129. The van der Waals surface area contributed by atoms with E-state index in [1.807, 2.05) is 43.3 Å². The standard InChI is InChI=1S/C30H32N4O5/c1-3-7-26-32-25-16-23(29(36)31-24(17-27(35)33-39)15-20-8-5-4-6-9-20)14-19(2)28(25)34(26)18-21-10-12-22(13-11-21)30(37)38/h4-6,8-14,16,24,39H,3,7,15,17-18H2,1-2H3,(H,31,36)(H,33,35)(H,37,38)/t24-/m1/s1. The first-order chi connectivity index (χ1) is 18.8. The molecule has 0 unspecified atom stereocenters. The third kappa shape index (κ3) is 6.69. The molecule has 0 aliphatic heterocycles. The predicted octanol–water partition coefficient (Wildman–Crippen LogP) is 4.28. The summed E-state index contributed by atoms with van der Waals surface area (Å²) in [6, 6.07) is 19.4. The van der Waals surface area contributed by atoms with Crippen molar-refractivity contribution < 1.29 is 24.7 Å². The molecular formula is C30H32N4O5. The SMILES string of the molecule is CCCc1nc2cc(C(=O)N[C@@H](CC(=O)NO)Cc3ccccc3)cc(C)c2n1Cc1ccc(C(=O)O)cc1. The number of aromatic nitrogens is 2. The van der Waals surface area contributed by atoms with Crippen LogP contribution in [0.15, 0.2) is 66.7 Å². The van der Waals surface area contributed by atoms with E-state index in [1.54, 1.807) is 35.8 Å². The van der Waals surface area contributed by atoms with E-state index < -0.39 is 17.9 Å². The van der Waals surface area contributed by atoms with Crippen LogP contribution in [0.5, 0.6) is 0 Å². The van der Waals surface area contributed by atoms with Gasteiger partial charge in [0, 0.05) is 31.0 Å². The lowest BCUT2D eigenvalue weighted by Crippen LogP contribution is -2.40. The molecule has 0 saturated carbocycles. The van der Waals surface area contributed by atoms with Crippen molar-refractivity contribution in [3.63, 3.8) is 0 Å². The number of amides is 2. The number of carboxylic acid groups (broad SMARTS) is 1. The maximum atomic E-state index is 13.3. The van der Waals surface area contributed by atoms with Crippen molar-refractivity contribution in [2.45, 2.75) is 52.1 Å². The third-order valence-electron chi connectivity index (χ3n) is 6.61. The molecule has 0 radical (unpaired) electrons. The lowest BCUT2D eigenvalue weighted by Gasteiger charge is -2.18. The number of carboxylic acids is 1. The Morgan fingerprint density at radius 1 is 0.974 bits per heavy atom. The second-order valence-corrected chi connectivity index (χ2v) is 9.63. The summed E-state index contributed by atoms with van der Waals surface area (Å²) in [5, 5.41) is 21.2. The number of carbonyl (C=O) groups excluding carboxylic acids is 2. The minimum atomic E-state index is -0.967. The summed E-state index contributed by atoms with van der Waals surface area (Å²) in [5.74, 6) is -0.993. The van der Waals surface area contributed by atoms with Gasteiger partial charge in [0.2, 0.25) is 5.91 Å². The Balaban J connectivity index is 1.63. The largest absolute Gasteiger partial charge is 0.478 e. The molecule has 0 saturated heterocycles. The van der Waals surface area contributed by atoms with E-state index >= 15 is 0 Å². The molecule has 4 aromatic rings. The summed E-state index contributed by atoms with van der Waals surface area (Å²) in [7, 11) is 0. The number of fused-ring (bicyclic) bond motifs is 1. The highest BCUT2D eigenvalue weighted by Crippen LogP contribution is 2.25. The van der Waals surface area contributed by atoms with Crippen molar-refractivity contribution in [2.75, 3.05) is 0 Å². The molecule has 2 amide bonds. The fraction of sp³-hybridized carbons (Fsp3) is 0.267. The molecular weight excluding hydrogens is 496 g/mol. The van der Waals surface area contributed by atoms with Crippen LogP contribution in [-0.2, 0) is 24.2 Å². The Kier molecular flexibility index (Phi) is 8.73. The first-order valence-electron chi connectivity index (χ1n) is 12.9. The monoisotopic (exact) mass is 528 g/mol. The van der Waals surface area contributed by atoms with Gasteiger partial charge in [0.1, 0.15) is 5.82 Å². The van der Waals surface area contributed by atoms with Crippen LogP contribution in [0.25, 0.3) is 11.0 Å². The number of carbonyl (C=O) groups is 3. The number of hydroxylamine groups is 1. The van der Waals surface area contributed by atoms with Crippen molar-refractivity contribution >= 4 is 28.8 Å². The summed E-state index contributed by atoms with van der Waals surface area (Å²) in [6.07, 6.45) is 1.99. The average molecular weight is 529 g/mol.